The third kappa shape index (κ3) is 1.95. The molecule has 0 amide bonds. The van der Waals surface area contributed by atoms with Gasteiger partial charge >= 0.3 is 5.97 Å². The van der Waals surface area contributed by atoms with Crippen molar-refractivity contribution in [3.8, 4) is 0 Å². The van der Waals surface area contributed by atoms with E-state index in [0.29, 0.717) is 12.0 Å². The lowest BCUT2D eigenvalue weighted by Crippen LogP contribution is -2.26. The molecule has 0 spiro atoms. The molecule has 1 rings (SSSR count). The molecule has 0 bridgehead atoms. The molecule has 66 valence electrons. The molecule has 3 nitrogen and oxygen atoms in total. The number of ether oxygens (including phenoxy) is 1. The first kappa shape index (κ1) is 9.00. The highest BCUT2D eigenvalue weighted by Gasteiger charge is 2.24. The van der Waals surface area contributed by atoms with Crippen molar-refractivity contribution < 1.29 is 14.6 Å². The molecule has 0 heterocycles. The number of hydrogen-bond acceptors (Lipinski definition) is 3. The van der Waals surface area contributed by atoms with Crippen LogP contribution in [0.2, 0.25) is 0 Å². The van der Waals surface area contributed by atoms with E-state index in [-0.39, 0.29) is 5.97 Å². The van der Waals surface area contributed by atoms with Crippen LogP contribution >= 0.6 is 0 Å². The van der Waals surface area contributed by atoms with E-state index < -0.39 is 5.60 Å². The standard InChI is InChI=1S/C9H12O3/c1-9(11)5-3-4-7(6-9)8(10)12-2/h3-5,11H,6H2,1-2H3. The Morgan fingerprint density at radius 1 is 1.75 bits per heavy atom. The summed E-state index contributed by atoms with van der Waals surface area (Å²) >= 11 is 0. The minimum absolute atomic E-state index is 0.316. The van der Waals surface area contributed by atoms with Gasteiger partial charge in [-0.2, -0.15) is 0 Å². The minimum Gasteiger partial charge on any atom is -0.466 e. The van der Waals surface area contributed by atoms with E-state index in [1.54, 1.807) is 25.2 Å². The fourth-order valence-electron chi connectivity index (χ4n) is 1.15. The van der Waals surface area contributed by atoms with E-state index in [4.69, 9.17) is 0 Å². The van der Waals surface area contributed by atoms with Gasteiger partial charge in [0.2, 0.25) is 0 Å². The SMILES string of the molecule is COC(=O)C1=CC=CC(C)(O)C1. The van der Waals surface area contributed by atoms with E-state index in [2.05, 4.69) is 4.74 Å². The Labute approximate surface area is 71.3 Å². The van der Waals surface area contributed by atoms with Crippen LogP contribution in [-0.2, 0) is 9.53 Å². The summed E-state index contributed by atoms with van der Waals surface area (Å²) in [6.45, 7) is 1.65. The fourth-order valence-corrected chi connectivity index (χ4v) is 1.15. The normalized spacial score (nSPS) is 28.1. The van der Waals surface area contributed by atoms with Gasteiger partial charge < -0.3 is 9.84 Å². The van der Waals surface area contributed by atoms with Crippen LogP contribution in [0.3, 0.4) is 0 Å². The Balaban J connectivity index is 2.76. The smallest absolute Gasteiger partial charge is 0.333 e. The molecule has 0 aromatic heterocycles. The van der Waals surface area contributed by atoms with Crippen LogP contribution in [0.25, 0.3) is 0 Å². The number of rotatable bonds is 1. The Kier molecular flexibility index (Phi) is 2.33. The minimum atomic E-state index is -0.918. The number of carbonyl (C=O) groups is 1. The number of methoxy groups -OCH3 is 1. The third-order valence-corrected chi connectivity index (χ3v) is 1.75. The zero-order valence-corrected chi connectivity index (χ0v) is 7.20. The summed E-state index contributed by atoms with van der Waals surface area (Å²) in [7, 11) is 1.33. The average molecular weight is 168 g/mol. The van der Waals surface area contributed by atoms with Gasteiger partial charge in [-0.05, 0) is 6.92 Å². The van der Waals surface area contributed by atoms with Gasteiger partial charge in [-0.3, -0.25) is 0 Å². The van der Waals surface area contributed by atoms with Gasteiger partial charge in [-0.25, -0.2) is 4.79 Å². The maximum absolute atomic E-state index is 11.0. The fraction of sp³-hybridized carbons (Fsp3) is 0.444. The molecule has 0 fully saturated rings. The Hall–Kier alpha value is -1.09. The molecule has 1 aliphatic rings. The predicted molar refractivity (Wildman–Crippen MR) is 44.5 cm³/mol. The largest absolute Gasteiger partial charge is 0.466 e. The molecular formula is C9H12O3. The van der Waals surface area contributed by atoms with Crippen LogP contribution in [0.5, 0.6) is 0 Å². The van der Waals surface area contributed by atoms with Crippen LogP contribution < -0.4 is 0 Å². The first-order valence-electron chi connectivity index (χ1n) is 3.74. The highest BCUT2D eigenvalue weighted by molar-refractivity contribution is 5.89. The molecule has 12 heavy (non-hydrogen) atoms. The van der Waals surface area contributed by atoms with Gasteiger partial charge in [0.05, 0.1) is 12.7 Å². The highest BCUT2D eigenvalue weighted by atomic mass is 16.5. The summed E-state index contributed by atoms with van der Waals surface area (Å²) in [5.74, 6) is -0.375. The topological polar surface area (TPSA) is 46.5 Å². The molecule has 1 atom stereocenters. The number of carbonyl (C=O) groups excluding carboxylic acids is 1. The molecule has 0 saturated carbocycles. The molecule has 0 aliphatic heterocycles. The van der Waals surface area contributed by atoms with Crippen molar-refractivity contribution in [2.75, 3.05) is 7.11 Å². The molecule has 0 aromatic carbocycles. The summed E-state index contributed by atoms with van der Waals surface area (Å²) in [4.78, 5) is 11.0. The second-order valence-corrected chi connectivity index (χ2v) is 3.08. The molecule has 1 unspecified atom stereocenters. The molecule has 0 saturated heterocycles. The second kappa shape index (κ2) is 3.11. The molecule has 0 aromatic rings. The maximum atomic E-state index is 11.0. The Morgan fingerprint density at radius 3 is 2.92 bits per heavy atom. The van der Waals surface area contributed by atoms with Crippen LogP contribution in [-0.4, -0.2) is 23.8 Å². The molecule has 1 N–H and O–H groups in total. The number of allylic oxidation sites excluding steroid dienone is 2. The van der Waals surface area contributed by atoms with Gasteiger partial charge in [0.1, 0.15) is 0 Å². The molecule has 3 heteroatoms. The molecule has 1 aliphatic carbocycles. The van der Waals surface area contributed by atoms with E-state index in [0.717, 1.165) is 0 Å². The Morgan fingerprint density at radius 2 is 2.42 bits per heavy atom. The van der Waals surface area contributed by atoms with E-state index >= 15 is 0 Å². The second-order valence-electron chi connectivity index (χ2n) is 3.08. The maximum Gasteiger partial charge on any atom is 0.333 e. The van der Waals surface area contributed by atoms with Crippen LogP contribution in [0.4, 0.5) is 0 Å². The zero-order chi connectivity index (χ0) is 9.19. The zero-order valence-electron chi connectivity index (χ0n) is 7.20. The van der Waals surface area contributed by atoms with Gasteiger partial charge in [-0.15, -0.1) is 0 Å². The van der Waals surface area contributed by atoms with Gasteiger partial charge in [0, 0.05) is 12.0 Å². The summed E-state index contributed by atoms with van der Waals surface area (Å²) in [6, 6.07) is 0. The van der Waals surface area contributed by atoms with Crippen molar-refractivity contribution in [2.24, 2.45) is 0 Å². The Bertz CT molecular complexity index is 248. The van der Waals surface area contributed by atoms with Crippen molar-refractivity contribution in [3.63, 3.8) is 0 Å². The lowest BCUT2D eigenvalue weighted by atomic mass is 9.92. The van der Waals surface area contributed by atoms with Crippen LogP contribution in [0.1, 0.15) is 13.3 Å². The van der Waals surface area contributed by atoms with E-state index in [9.17, 15) is 9.90 Å². The average Bonchev–Trinajstić information content (AvgIpc) is 2.01. The van der Waals surface area contributed by atoms with Crippen molar-refractivity contribution in [3.05, 3.63) is 23.8 Å². The first-order valence-corrected chi connectivity index (χ1v) is 3.74. The lowest BCUT2D eigenvalue weighted by Gasteiger charge is -2.22. The number of esters is 1. The van der Waals surface area contributed by atoms with Crippen LogP contribution in [0, 0.1) is 0 Å². The summed E-state index contributed by atoms with van der Waals surface area (Å²) in [5, 5.41) is 9.55. The van der Waals surface area contributed by atoms with Gasteiger partial charge in [0.25, 0.3) is 0 Å². The molecule has 0 radical (unpaired) electrons. The van der Waals surface area contributed by atoms with Crippen molar-refractivity contribution in [2.45, 2.75) is 18.9 Å². The van der Waals surface area contributed by atoms with Gasteiger partial charge in [-0.1, -0.05) is 18.2 Å². The van der Waals surface area contributed by atoms with Crippen molar-refractivity contribution in [1.82, 2.24) is 0 Å². The van der Waals surface area contributed by atoms with E-state index in [1.165, 1.54) is 7.11 Å². The van der Waals surface area contributed by atoms with Crippen molar-refractivity contribution in [1.29, 1.82) is 0 Å². The first-order chi connectivity index (χ1) is 5.55. The summed E-state index contributed by atoms with van der Waals surface area (Å²) in [6.07, 6.45) is 5.29. The predicted octanol–water partition coefficient (Wildman–Crippen LogP) is 0.797. The summed E-state index contributed by atoms with van der Waals surface area (Å²) < 4.78 is 4.53. The van der Waals surface area contributed by atoms with E-state index in [1.807, 2.05) is 0 Å². The number of aliphatic hydroxyl groups is 1. The number of hydrogen-bond donors (Lipinski definition) is 1. The third-order valence-electron chi connectivity index (χ3n) is 1.75. The van der Waals surface area contributed by atoms with Crippen LogP contribution in [0.15, 0.2) is 23.8 Å². The summed E-state index contributed by atoms with van der Waals surface area (Å²) in [5.41, 5.74) is -0.414. The molecular weight excluding hydrogens is 156 g/mol. The lowest BCUT2D eigenvalue weighted by molar-refractivity contribution is -0.136. The monoisotopic (exact) mass is 168 g/mol. The van der Waals surface area contributed by atoms with Gasteiger partial charge in [0.15, 0.2) is 0 Å². The highest BCUT2D eigenvalue weighted by Crippen LogP contribution is 2.22. The quantitative estimate of drug-likeness (QED) is 0.589. The van der Waals surface area contributed by atoms with Crippen molar-refractivity contribution >= 4 is 5.97 Å².